The topological polar surface area (TPSA) is 60.9 Å². The highest BCUT2D eigenvalue weighted by Gasteiger charge is 2.11. The van der Waals surface area contributed by atoms with Gasteiger partial charge in [0.2, 0.25) is 5.89 Å². The molecule has 0 fully saturated rings. The van der Waals surface area contributed by atoms with Crippen molar-refractivity contribution in [2.45, 2.75) is 20.4 Å². The second kappa shape index (κ2) is 4.73. The average Bonchev–Trinajstić information content (AvgIpc) is 2.59. The molecule has 0 saturated heterocycles. The van der Waals surface area contributed by atoms with Gasteiger partial charge in [-0.05, 0) is 45.7 Å². The van der Waals surface area contributed by atoms with Crippen molar-refractivity contribution in [2.75, 3.05) is 0 Å². The Hall–Kier alpha value is -0.950. The van der Waals surface area contributed by atoms with Gasteiger partial charge in [-0.3, -0.25) is 4.79 Å². The van der Waals surface area contributed by atoms with Crippen LogP contribution in [0.25, 0.3) is 0 Å². The molecule has 0 aliphatic heterocycles. The summed E-state index contributed by atoms with van der Waals surface area (Å²) >= 11 is 6.41. The molecule has 0 spiro atoms. The first-order chi connectivity index (χ1) is 7.99. The van der Waals surface area contributed by atoms with E-state index in [2.05, 4.69) is 41.9 Å². The molecule has 0 N–H and O–H groups in total. The lowest BCUT2D eigenvalue weighted by Crippen LogP contribution is -2.24. The molecule has 2 aromatic heterocycles. The summed E-state index contributed by atoms with van der Waals surface area (Å²) in [5.41, 5.74) is 0.595. The van der Waals surface area contributed by atoms with Crippen LogP contribution in [0, 0.1) is 13.8 Å². The molecule has 0 aliphatic carbocycles. The van der Waals surface area contributed by atoms with Gasteiger partial charge in [-0.25, -0.2) is 9.67 Å². The van der Waals surface area contributed by atoms with Crippen LogP contribution in [0.3, 0.4) is 0 Å². The first-order valence-electron chi connectivity index (χ1n) is 4.83. The number of nitrogens with zero attached hydrogens (tertiary/aromatic N) is 3. The molecule has 17 heavy (non-hydrogen) atoms. The fraction of sp³-hybridized carbons (Fsp3) is 0.300. The van der Waals surface area contributed by atoms with Crippen LogP contribution in [-0.2, 0) is 6.54 Å². The van der Waals surface area contributed by atoms with Crippen molar-refractivity contribution in [3.05, 3.63) is 42.8 Å². The SMILES string of the molecule is Cc1nc(Cn2ncc(Br)c(Br)c2=O)oc1C. The van der Waals surface area contributed by atoms with Gasteiger partial charge >= 0.3 is 0 Å². The first-order valence-corrected chi connectivity index (χ1v) is 6.41. The second-order valence-corrected chi connectivity index (χ2v) is 5.17. The van der Waals surface area contributed by atoms with Gasteiger partial charge in [-0.15, -0.1) is 0 Å². The van der Waals surface area contributed by atoms with E-state index in [1.54, 1.807) is 6.20 Å². The lowest BCUT2D eigenvalue weighted by molar-refractivity contribution is 0.439. The zero-order valence-electron chi connectivity index (χ0n) is 9.20. The van der Waals surface area contributed by atoms with Crippen LogP contribution in [0.15, 0.2) is 24.4 Å². The normalized spacial score (nSPS) is 10.8. The van der Waals surface area contributed by atoms with Crippen molar-refractivity contribution >= 4 is 31.9 Å². The standard InChI is InChI=1S/C10H9Br2N3O2/c1-5-6(2)17-8(14-5)4-15-10(16)9(12)7(11)3-13-15/h3H,4H2,1-2H3. The van der Waals surface area contributed by atoms with Crippen molar-refractivity contribution in [2.24, 2.45) is 0 Å². The van der Waals surface area contributed by atoms with Crippen molar-refractivity contribution in [1.82, 2.24) is 14.8 Å². The zero-order chi connectivity index (χ0) is 12.6. The van der Waals surface area contributed by atoms with Gasteiger partial charge in [0.05, 0.1) is 16.4 Å². The van der Waals surface area contributed by atoms with Gasteiger partial charge in [-0.2, -0.15) is 5.10 Å². The predicted octanol–water partition coefficient (Wildman–Crippen LogP) is 2.42. The van der Waals surface area contributed by atoms with E-state index >= 15 is 0 Å². The highest BCUT2D eigenvalue weighted by Crippen LogP contribution is 2.17. The van der Waals surface area contributed by atoms with E-state index < -0.39 is 0 Å². The van der Waals surface area contributed by atoms with E-state index in [1.165, 1.54) is 4.68 Å². The summed E-state index contributed by atoms with van der Waals surface area (Å²) < 4.78 is 7.76. The summed E-state index contributed by atoms with van der Waals surface area (Å²) in [4.78, 5) is 16.0. The van der Waals surface area contributed by atoms with Gasteiger partial charge in [0, 0.05) is 0 Å². The maximum atomic E-state index is 11.8. The molecule has 0 atom stereocenters. The van der Waals surface area contributed by atoms with Crippen molar-refractivity contribution in [1.29, 1.82) is 0 Å². The largest absolute Gasteiger partial charge is 0.444 e. The van der Waals surface area contributed by atoms with E-state index in [4.69, 9.17) is 4.42 Å². The summed E-state index contributed by atoms with van der Waals surface area (Å²) in [6, 6.07) is 0. The van der Waals surface area contributed by atoms with Crippen LogP contribution in [0.5, 0.6) is 0 Å². The Morgan fingerprint density at radius 1 is 1.41 bits per heavy atom. The number of hydrogen-bond acceptors (Lipinski definition) is 4. The first kappa shape index (κ1) is 12.5. The Morgan fingerprint density at radius 2 is 2.12 bits per heavy atom. The van der Waals surface area contributed by atoms with Crippen LogP contribution >= 0.6 is 31.9 Å². The quantitative estimate of drug-likeness (QED) is 0.823. The minimum Gasteiger partial charge on any atom is -0.444 e. The minimum atomic E-state index is -0.229. The molecule has 5 nitrogen and oxygen atoms in total. The lowest BCUT2D eigenvalue weighted by atomic mass is 10.4. The summed E-state index contributed by atoms with van der Waals surface area (Å²) in [7, 11) is 0. The molecule has 90 valence electrons. The maximum absolute atomic E-state index is 11.8. The fourth-order valence-corrected chi connectivity index (χ4v) is 1.86. The van der Waals surface area contributed by atoms with Crippen LogP contribution in [0.2, 0.25) is 0 Å². The number of hydrogen-bond donors (Lipinski definition) is 0. The molecule has 2 rings (SSSR count). The van der Waals surface area contributed by atoms with Gasteiger partial charge in [0.15, 0.2) is 0 Å². The average molecular weight is 363 g/mol. The highest BCUT2D eigenvalue weighted by atomic mass is 79.9. The molecule has 0 unspecified atom stereocenters. The zero-order valence-corrected chi connectivity index (χ0v) is 12.4. The Kier molecular flexibility index (Phi) is 3.48. The van der Waals surface area contributed by atoms with Crippen molar-refractivity contribution < 1.29 is 4.42 Å². The number of aromatic nitrogens is 3. The Balaban J connectivity index is 2.37. The van der Waals surface area contributed by atoms with Gasteiger partial charge in [0.25, 0.3) is 5.56 Å². The predicted molar refractivity (Wildman–Crippen MR) is 69.0 cm³/mol. The third kappa shape index (κ3) is 2.50. The minimum absolute atomic E-state index is 0.222. The molecule has 0 radical (unpaired) electrons. The van der Waals surface area contributed by atoms with Crippen LogP contribution in [-0.4, -0.2) is 14.8 Å². The lowest BCUT2D eigenvalue weighted by Gasteiger charge is -2.02. The smallest absolute Gasteiger partial charge is 0.282 e. The van der Waals surface area contributed by atoms with E-state index in [0.717, 1.165) is 11.5 Å². The number of aryl methyl sites for hydroxylation is 2. The molecule has 0 saturated carbocycles. The van der Waals surface area contributed by atoms with E-state index in [-0.39, 0.29) is 12.1 Å². The van der Waals surface area contributed by atoms with Crippen molar-refractivity contribution in [3.8, 4) is 0 Å². The van der Waals surface area contributed by atoms with Crippen molar-refractivity contribution in [3.63, 3.8) is 0 Å². The van der Waals surface area contributed by atoms with Crippen LogP contribution in [0.4, 0.5) is 0 Å². The van der Waals surface area contributed by atoms with Gasteiger partial charge < -0.3 is 4.42 Å². The third-order valence-electron chi connectivity index (χ3n) is 2.30. The van der Waals surface area contributed by atoms with Crippen LogP contribution < -0.4 is 5.56 Å². The Morgan fingerprint density at radius 3 is 2.71 bits per heavy atom. The summed E-state index contributed by atoms with van der Waals surface area (Å²) in [6.07, 6.45) is 1.55. The molecule has 2 heterocycles. The summed E-state index contributed by atoms with van der Waals surface area (Å²) in [6.45, 7) is 3.91. The van der Waals surface area contributed by atoms with Gasteiger partial charge in [-0.1, -0.05) is 0 Å². The van der Waals surface area contributed by atoms with E-state index in [0.29, 0.717) is 14.8 Å². The number of oxazole rings is 1. The monoisotopic (exact) mass is 361 g/mol. The molecule has 0 aromatic carbocycles. The summed E-state index contributed by atoms with van der Waals surface area (Å²) in [5.74, 6) is 1.23. The molecular weight excluding hydrogens is 354 g/mol. The van der Waals surface area contributed by atoms with Gasteiger partial charge in [0.1, 0.15) is 16.8 Å². The molecule has 2 aromatic rings. The van der Waals surface area contributed by atoms with E-state index in [9.17, 15) is 4.79 Å². The molecule has 0 bridgehead atoms. The highest BCUT2D eigenvalue weighted by molar-refractivity contribution is 9.13. The van der Waals surface area contributed by atoms with E-state index in [1.807, 2.05) is 13.8 Å². The maximum Gasteiger partial charge on any atom is 0.282 e. The third-order valence-corrected chi connectivity index (χ3v) is 4.20. The second-order valence-electron chi connectivity index (χ2n) is 3.52. The summed E-state index contributed by atoms with van der Waals surface area (Å²) in [5, 5.41) is 4.00. The Labute approximate surface area is 114 Å². The number of halogens is 2. The Bertz CT molecular complexity index is 599. The van der Waals surface area contributed by atoms with Crippen LogP contribution in [0.1, 0.15) is 17.3 Å². The molecule has 0 amide bonds. The molecule has 7 heteroatoms. The number of rotatable bonds is 2. The molecular formula is C10H9Br2N3O2. The fourth-order valence-electron chi connectivity index (χ4n) is 1.29. The molecule has 0 aliphatic rings.